The minimum Gasteiger partial charge on any atom is -0.465 e. The molecule has 1 aliphatic heterocycles. The molecule has 4 nitrogen and oxygen atoms in total. The molecule has 4 rings (SSSR count). The number of carbonyl (C=O) groups is 1. The molecule has 1 heterocycles. The quantitative estimate of drug-likeness (QED) is 0.272. The molecule has 2 N–H and O–H groups in total. The number of nitrogen functional groups attached to an aromatic ring is 1. The Morgan fingerprint density at radius 1 is 0.938 bits per heavy atom. The highest BCUT2D eigenvalue weighted by molar-refractivity contribution is 8.00. The molecule has 3 aromatic carbocycles. The van der Waals surface area contributed by atoms with Gasteiger partial charge in [0, 0.05) is 35.0 Å². The highest BCUT2D eigenvalue weighted by atomic mass is 32.2. The van der Waals surface area contributed by atoms with Gasteiger partial charge in [-0.15, -0.1) is 11.8 Å². The van der Waals surface area contributed by atoms with Gasteiger partial charge < -0.3 is 10.5 Å². The predicted molar refractivity (Wildman–Crippen MR) is 131 cm³/mol. The van der Waals surface area contributed by atoms with Crippen LogP contribution in [-0.4, -0.2) is 28.8 Å². The average molecular weight is 447 g/mol. The van der Waals surface area contributed by atoms with Crippen LogP contribution < -0.4 is 5.73 Å². The molecule has 166 valence electrons. The Hall–Kier alpha value is -2.76. The first-order chi connectivity index (χ1) is 15.6. The molecule has 0 aliphatic carbocycles. The summed E-state index contributed by atoms with van der Waals surface area (Å²) in [5.41, 5.74) is 9.54. The maximum atomic E-state index is 12.6. The van der Waals surface area contributed by atoms with Gasteiger partial charge in [-0.1, -0.05) is 72.8 Å². The Bertz CT molecular complexity index is 971. The maximum Gasteiger partial charge on any atom is 0.310 e. The molecule has 0 amide bonds. The zero-order chi connectivity index (χ0) is 22.3. The zero-order valence-electron chi connectivity index (χ0n) is 18.4. The first-order valence-corrected chi connectivity index (χ1v) is 12.0. The average Bonchev–Trinajstić information content (AvgIpc) is 3.24. The number of carbonyl (C=O) groups excluding carboxylic acids is 1. The van der Waals surface area contributed by atoms with Crippen molar-refractivity contribution in [1.29, 1.82) is 0 Å². The highest BCUT2D eigenvalue weighted by Gasteiger charge is 2.40. The van der Waals surface area contributed by atoms with E-state index in [1.807, 2.05) is 36.4 Å². The molecular weight excluding hydrogens is 416 g/mol. The first-order valence-electron chi connectivity index (χ1n) is 11.1. The molecule has 0 unspecified atom stereocenters. The second-order valence-electron chi connectivity index (χ2n) is 8.30. The minimum atomic E-state index is -0.149. The van der Waals surface area contributed by atoms with E-state index in [2.05, 4.69) is 60.4 Å². The lowest BCUT2D eigenvalue weighted by Gasteiger charge is -2.36. The standard InChI is InChI=1S/C27H30N2O2S/c1-20(26(23-16-17-31-27(23)30)32-25-15-9-8-14-24(25)28)29(18-21-10-4-2-5-11-21)19-22-12-6-3-7-13-22/h2-15,20,23,26H,16-19,28H2,1H3/t20-,23-,26+/m0/s1. The van der Waals surface area contributed by atoms with Gasteiger partial charge in [0.1, 0.15) is 0 Å². The number of rotatable bonds is 9. The van der Waals surface area contributed by atoms with Gasteiger partial charge in [0.2, 0.25) is 0 Å². The van der Waals surface area contributed by atoms with Crippen LogP contribution in [0.2, 0.25) is 0 Å². The molecule has 3 atom stereocenters. The van der Waals surface area contributed by atoms with Crippen molar-refractivity contribution in [1.82, 2.24) is 4.90 Å². The van der Waals surface area contributed by atoms with Crippen molar-refractivity contribution in [2.45, 2.75) is 42.6 Å². The van der Waals surface area contributed by atoms with Crippen molar-refractivity contribution in [2.24, 2.45) is 5.92 Å². The number of thioether (sulfide) groups is 1. The number of para-hydroxylation sites is 1. The van der Waals surface area contributed by atoms with Crippen LogP contribution in [0.5, 0.6) is 0 Å². The van der Waals surface area contributed by atoms with Crippen LogP contribution in [0.1, 0.15) is 24.5 Å². The molecule has 1 saturated heterocycles. The summed E-state index contributed by atoms with van der Waals surface area (Å²) in [6.07, 6.45) is 0.748. The number of nitrogens with zero attached hydrogens (tertiary/aromatic N) is 1. The van der Waals surface area contributed by atoms with Gasteiger partial charge >= 0.3 is 5.97 Å². The summed E-state index contributed by atoms with van der Waals surface area (Å²) in [5, 5.41) is 0.0297. The van der Waals surface area contributed by atoms with Gasteiger partial charge in [0.05, 0.1) is 12.5 Å². The normalized spacial score (nSPS) is 17.8. The number of hydrogen-bond acceptors (Lipinski definition) is 5. The van der Waals surface area contributed by atoms with E-state index in [1.54, 1.807) is 11.8 Å². The molecule has 1 aliphatic rings. The van der Waals surface area contributed by atoms with Crippen LogP contribution in [0.3, 0.4) is 0 Å². The van der Waals surface area contributed by atoms with Gasteiger partial charge in [-0.3, -0.25) is 9.69 Å². The van der Waals surface area contributed by atoms with Gasteiger partial charge in [0.15, 0.2) is 0 Å². The lowest BCUT2D eigenvalue weighted by atomic mass is 9.96. The lowest BCUT2D eigenvalue weighted by molar-refractivity contribution is -0.141. The second kappa shape index (κ2) is 10.7. The summed E-state index contributed by atoms with van der Waals surface area (Å²) in [7, 11) is 0. The van der Waals surface area contributed by atoms with Gasteiger partial charge in [-0.05, 0) is 36.6 Å². The van der Waals surface area contributed by atoms with Crippen LogP contribution >= 0.6 is 11.8 Å². The molecule has 0 bridgehead atoms. The number of nitrogens with two attached hydrogens (primary N) is 1. The topological polar surface area (TPSA) is 55.6 Å². The van der Waals surface area contributed by atoms with Crippen molar-refractivity contribution in [3.8, 4) is 0 Å². The zero-order valence-corrected chi connectivity index (χ0v) is 19.2. The lowest BCUT2D eigenvalue weighted by Crippen LogP contribution is -2.43. The number of esters is 1. The maximum absolute atomic E-state index is 12.6. The van der Waals surface area contributed by atoms with E-state index < -0.39 is 0 Å². The van der Waals surface area contributed by atoms with E-state index >= 15 is 0 Å². The van der Waals surface area contributed by atoms with Crippen molar-refractivity contribution >= 4 is 23.4 Å². The van der Waals surface area contributed by atoms with E-state index in [1.165, 1.54) is 11.1 Å². The highest BCUT2D eigenvalue weighted by Crippen LogP contribution is 2.39. The van der Waals surface area contributed by atoms with Crippen LogP contribution in [0.4, 0.5) is 5.69 Å². The van der Waals surface area contributed by atoms with Crippen molar-refractivity contribution in [3.05, 3.63) is 96.1 Å². The van der Waals surface area contributed by atoms with Gasteiger partial charge in [-0.25, -0.2) is 0 Å². The summed E-state index contributed by atoms with van der Waals surface area (Å²) in [5.74, 6) is -0.244. The fourth-order valence-corrected chi connectivity index (χ4v) is 5.68. The smallest absolute Gasteiger partial charge is 0.310 e. The van der Waals surface area contributed by atoms with E-state index in [9.17, 15) is 4.79 Å². The van der Waals surface area contributed by atoms with Crippen LogP contribution in [0.15, 0.2) is 89.8 Å². The van der Waals surface area contributed by atoms with E-state index in [4.69, 9.17) is 10.5 Å². The summed E-state index contributed by atoms with van der Waals surface area (Å²) < 4.78 is 5.38. The molecule has 5 heteroatoms. The number of cyclic esters (lactones) is 1. The second-order valence-corrected chi connectivity index (χ2v) is 9.52. The number of anilines is 1. The summed E-state index contributed by atoms with van der Waals surface area (Å²) in [6, 6.07) is 29.0. The SMILES string of the molecule is C[C@@H]([C@@H](Sc1ccccc1N)[C@@H]1CCOC1=O)N(Cc1ccccc1)Cc1ccccc1. The fourth-order valence-electron chi connectivity index (χ4n) is 4.25. The third-order valence-corrected chi connectivity index (χ3v) is 7.68. The number of hydrogen-bond donors (Lipinski definition) is 1. The molecule has 3 aromatic rings. The molecule has 1 fully saturated rings. The Morgan fingerprint density at radius 2 is 1.50 bits per heavy atom. The summed E-state index contributed by atoms with van der Waals surface area (Å²) >= 11 is 1.71. The molecule has 0 aromatic heterocycles. The molecule has 0 spiro atoms. The van der Waals surface area contributed by atoms with Crippen molar-refractivity contribution < 1.29 is 9.53 Å². The minimum absolute atomic E-state index is 0.0297. The third-order valence-electron chi connectivity index (χ3n) is 6.06. The van der Waals surface area contributed by atoms with Crippen molar-refractivity contribution in [2.75, 3.05) is 12.3 Å². The van der Waals surface area contributed by atoms with Crippen molar-refractivity contribution in [3.63, 3.8) is 0 Å². The predicted octanol–water partition coefficient (Wildman–Crippen LogP) is 5.38. The van der Waals surface area contributed by atoms with E-state index in [0.717, 1.165) is 30.1 Å². The summed E-state index contributed by atoms with van der Waals surface area (Å²) in [4.78, 5) is 16.1. The first kappa shape index (κ1) is 22.4. The Morgan fingerprint density at radius 3 is 2.03 bits per heavy atom. The summed E-state index contributed by atoms with van der Waals surface area (Å²) in [6.45, 7) is 4.34. The Balaban J connectivity index is 1.65. The molecular formula is C27H30N2O2S. The Kier molecular flexibility index (Phi) is 7.51. The molecule has 0 saturated carbocycles. The fraction of sp³-hybridized carbons (Fsp3) is 0.296. The largest absolute Gasteiger partial charge is 0.465 e. The van der Waals surface area contributed by atoms with Crippen LogP contribution in [0, 0.1) is 5.92 Å². The third kappa shape index (κ3) is 5.53. The Labute approximate surface area is 194 Å². The van der Waals surface area contributed by atoms with Crippen LogP contribution in [0.25, 0.3) is 0 Å². The van der Waals surface area contributed by atoms with Gasteiger partial charge in [-0.2, -0.15) is 0 Å². The van der Waals surface area contributed by atoms with E-state index in [0.29, 0.717) is 6.61 Å². The van der Waals surface area contributed by atoms with E-state index in [-0.39, 0.29) is 23.2 Å². The number of ether oxygens (including phenoxy) is 1. The molecule has 32 heavy (non-hydrogen) atoms. The molecule has 0 radical (unpaired) electrons. The van der Waals surface area contributed by atoms with Gasteiger partial charge in [0.25, 0.3) is 0 Å². The monoisotopic (exact) mass is 446 g/mol. The number of benzene rings is 3. The van der Waals surface area contributed by atoms with Crippen LogP contribution in [-0.2, 0) is 22.6 Å².